The zero-order valence-corrected chi connectivity index (χ0v) is 13.8. The fourth-order valence-electron chi connectivity index (χ4n) is 2.46. The first-order chi connectivity index (χ1) is 12.1. The van der Waals surface area contributed by atoms with Crippen LogP contribution in [0.3, 0.4) is 0 Å². The number of esters is 1. The van der Waals surface area contributed by atoms with Gasteiger partial charge in [-0.15, -0.1) is 10.2 Å². The van der Waals surface area contributed by atoms with Gasteiger partial charge < -0.3 is 15.4 Å². The van der Waals surface area contributed by atoms with Gasteiger partial charge in [0.1, 0.15) is 5.82 Å². The second-order valence-corrected chi connectivity index (χ2v) is 5.33. The summed E-state index contributed by atoms with van der Waals surface area (Å²) in [5, 5.41) is 13.3. The molecular formula is C17H17N5O3. The Morgan fingerprint density at radius 2 is 1.88 bits per heavy atom. The molecule has 0 unspecified atom stereocenters. The maximum atomic E-state index is 12.4. The van der Waals surface area contributed by atoms with Crippen molar-refractivity contribution in [2.75, 3.05) is 12.4 Å². The predicted octanol–water partition coefficient (Wildman–Crippen LogP) is 2.07. The van der Waals surface area contributed by atoms with Crippen LogP contribution in [0.15, 0.2) is 48.7 Å². The van der Waals surface area contributed by atoms with Gasteiger partial charge in [0.25, 0.3) is 0 Å². The lowest BCUT2D eigenvalue weighted by Gasteiger charge is -2.17. The summed E-state index contributed by atoms with van der Waals surface area (Å²) in [6.45, 7) is 1.81. The molecule has 0 radical (unpaired) electrons. The van der Waals surface area contributed by atoms with E-state index in [1.165, 1.54) is 7.11 Å². The molecule has 2 aromatic heterocycles. The van der Waals surface area contributed by atoms with Gasteiger partial charge in [0.2, 0.25) is 0 Å². The zero-order chi connectivity index (χ0) is 17.8. The highest BCUT2D eigenvalue weighted by molar-refractivity contribution is 5.95. The minimum Gasteiger partial charge on any atom is -0.467 e. The van der Waals surface area contributed by atoms with E-state index < -0.39 is 18.0 Å². The lowest BCUT2D eigenvalue weighted by atomic mass is 10.1. The number of urea groups is 1. The highest BCUT2D eigenvalue weighted by Crippen LogP contribution is 2.17. The number of nitrogens with zero attached hydrogens (tertiary/aromatic N) is 3. The Kier molecular flexibility index (Phi) is 4.60. The van der Waals surface area contributed by atoms with Crippen LogP contribution in [0.2, 0.25) is 0 Å². The fraction of sp³-hybridized carbons (Fsp3) is 0.176. The number of pyridine rings is 1. The molecule has 0 aliphatic carbocycles. The van der Waals surface area contributed by atoms with E-state index in [-0.39, 0.29) is 0 Å². The summed E-state index contributed by atoms with van der Waals surface area (Å²) in [5.41, 5.74) is 1.63. The lowest BCUT2D eigenvalue weighted by Crippen LogP contribution is -2.37. The van der Waals surface area contributed by atoms with Crippen molar-refractivity contribution in [2.24, 2.45) is 0 Å². The van der Waals surface area contributed by atoms with E-state index in [4.69, 9.17) is 4.74 Å². The summed E-state index contributed by atoms with van der Waals surface area (Å²) in [7, 11) is 1.28. The van der Waals surface area contributed by atoms with Crippen molar-refractivity contribution < 1.29 is 14.3 Å². The molecule has 0 saturated carbocycles. The third-order valence-electron chi connectivity index (χ3n) is 3.70. The van der Waals surface area contributed by atoms with Crippen molar-refractivity contribution in [1.29, 1.82) is 0 Å². The van der Waals surface area contributed by atoms with Gasteiger partial charge in [-0.2, -0.15) is 0 Å². The number of rotatable bonds is 4. The average Bonchev–Trinajstić information content (AvgIpc) is 3.02. The molecule has 128 valence electrons. The van der Waals surface area contributed by atoms with E-state index in [9.17, 15) is 9.59 Å². The van der Waals surface area contributed by atoms with Crippen molar-refractivity contribution in [2.45, 2.75) is 13.0 Å². The molecule has 8 nitrogen and oxygen atoms in total. The summed E-state index contributed by atoms with van der Waals surface area (Å²) in [4.78, 5) is 24.4. The quantitative estimate of drug-likeness (QED) is 0.709. The van der Waals surface area contributed by atoms with Crippen LogP contribution in [-0.2, 0) is 9.53 Å². The summed E-state index contributed by atoms with van der Waals surface area (Å²) in [6, 6.07) is 10.9. The summed E-state index contributed by atoms with van der Waals surface area (Å²) in [6.07, 6.45) is 1.80. The van der Waals surface area contributed by atoms with Gasteiger partial charge in [0, 0.05) is 6.20 Å². The van der Waals surface area contributed by atoms with E-state index in [2.05, 4.69) is 20.8 Å². The maximum absolute atomic E-state index is 12.4. The number of hydrogen-bond acceptors (Lipinski definition) is 5. The van der Waals surface area contributed by atoms with Crippen molar-refractivity contribution in [1.82, 2.24) is 19.9 Å². The number of fused-ring (bicyclic) bond motifs is 1. The Labute approximate surface area is 143 Å². The fourth-order valence-corrected chi connectivity index (χ4v) is 2.46. The smallest absolute Gasteiger partial charge is 0.333 e. The van der Waals surface area contributed by atoms with Crippen LogP contribution < -0.4 is 10.6 Å². The molecule has 1 atom stereocenters. The molecule has 1 aromatic carbocycles. The first-order valence-corrected chi connectivity index (χ1v) is 7.61. The van der Waals surface area contributed by atoms with Crippen LogP contribution in [0.5, 0.6) is 0 Å². The Morgan fingerprint density at radius 1 is 1.12 bits per heavy atom. The zero-order valence-electron chi connectivity index (χ0n) is 13.8. The Balaban J connectivity index is 1.81. The van der Waals surface area contributed by atoms with Crippen LogP contribution in [0.25, 0.3) is 5.65 Å². The Hall–Kier alpha value is -3.42. The second kappa shape index (κ2) is 7.00. The van der Waals surface area contributed by atoms with Crippen molar-refractivity contribution in [3.8, 4) is 0 Å². The molecule has 2 N–H and O–H groups in total. The minimum atomic E-state index is -0.912. The summed E-state index contributed by atoms with van der Waals surface area (Å²) >= 11 is 0. The van der Waals surface area contributed by atoms with E-state index in [0.717, 1.165) is 0 Å². The maximum Gasteiger partial charge on any atom is 0.333 e. The summed E-state index contributed by atoms with van der Waals surface area (Å²) in [5.74, 6) is 0.147. The number of carbonyl (C=O) groups is 2. The standard InChI is InChI=1S/C17H17N5O3/c1-11-20-21-15-13(9-6-10-22(11)15)18-17(24)19-14(16(23)25-2)12-7-4-3-5-8-12/h3-10,14H,1-2H3,(H2,18,19,24)/t14-/m1/s1. The van der Waals surface area contributed by atoms with Gasteiger partial charge in [-0.05, 0) is 24.6 Å². The second-order valence-electron chi connectivity index (χ2n) is 5.33. The van der Waals surface area contributed by atoms with Crippen molar-refractivity contribution in [3.05, 3.63) is 60.0 Å². The molecule has 0 spiro atoms. The van der Waals surface area contributed by atoms with Crippen molar-refractivity contribution in [3.63, 3.8) is 0 Å². The number of anilines is 1. The lowest BCUT2D eigenvalue weighted by molar-refractivity contribution is -0.143. The highest BCUT2D eigenvalue weighted by Gasteiger charge is 2.23. The molecule has 3 rings (SSSR count). The largest absolute Gasteiger partial charge is 0.467 e. The minimum absolute atomic E-state index is 0.484. The van der Waals surface area contributed by atoms with Crippen LogP contribution in [0.4, 0.5) is 10.5 Å². The number of nitrogens with one attached hydrogen (secondary N) is 2. The number of methoxy groups -OCH3 is 1. The number of aromatic nitrogens is 3. The van der Waals surface area contributed by atoms with Gasteiger partial charge in [0.05, 0.1) is 12.8 Å². The molecule has 25 heavy (non-hydrogen) atoms. The molecule has 0 aliphatic rings. The molecule has 0 saturated heterocycles. The van der Waals surface area contributed by atoms with Crippen molar-refractivity contribution >= 4 is 23.3 Å². The monoisotopic (exact) mass is 339 g/mol. The summed E-state index contributed by atoms with van der Waals surface area (Å²) < 4.78 is 6.54. The van der Waals surface area contributed by atoms with Gasteiger partial charge in [-0.3, -0.25) is 4.40 Å². The van der Waals surface area contributed by atoms with E-state index in [0.29, 0.717) is 22.7 Å². The number of carbonyl (C=O) groups excluding carboxylic acids is 2. The number of benzene rings is 1. The third kappa shape index (κ3) is 3.42. The Bertz CT molecular complexity index is 907. The molecule has 0 fully saturated rings. The number of aryl methyl sites for hydroxylation is 1. The molecular weight excluding hydrogens is 322 g/mol. The van der Waals surface area contributed by atoms with Gasteiger partial charge in [-0.25, -0.2) is 9.59 Å². The first kappa shape index (κ1) is 16.4. The molecule has 2 heterocycles. The van der Waals surface area contributed by atoms with E-state index in [1.54, 1.807) is 47.0 Å². The van der Waals surface area contributed by atoms with Crippen LogP contribution in [-0.4, -0.2) is 33.7 Å². The number of amides is 2. The van der Waals surface area contributed by atoms with Crippen LogP contribution >= 0.6 is 0 Å². The first-order valence-electron chi connectivity index (χ1n) is 7.61. The van der Waals surface area contributed by atoms with Crippen LogP contribution in [0, 0.1) is 6.92 Å². The normalized spacial score (nSPS) is 11.8. The topological polar surface area (TPSA) is 97.6 Å². The van der Waals surface area contributed by atoms with Crippen LogP contribution in [0.1, 0.15) is 17.4 Å². The van der Waals surface area contributed by atoms with E-state index in [1.807, 2.05) is 13.0 Å². The van der Waals surface area contributed by atoms with Gasteiger partial charge >= 0.3 is 12.0 Å². The molecule has 2 amide bonds. The molecule has 0 bridgehead atoms. The molecule has 0 aliphatic heterocycles. The van der Waals surface area contributed by atoms with Gasteiger partial charge in [0.15, 0.2) is 11.7 Å². The highest BCUT2D eigenvalue weighted by atomic mass is 16.5. The van der Waals surface area contributed by atoms with Gasteiger partial charge in [-0.1, -0.05) is 30.3 Å². The number of ether oxygens (including phenoxy) is 1. The van der Waals surface area contributed by atoms with E-state index >= 15 is 0 Å². The molecule has 8 heteroatoms. The third-order valence-corrected chi connectivity index (χ3v) is 3.70. The Morgan fingerprint density at radius 3 is 2.60 bits per heavy atom. The SMILES string of the molecule is COC(=O)[C@H](NC(=O)Nc1cccn2c(C)nnc12)c1ccccc1. The predicted molar refractivity (Wildman–Crippen MR) is 91.1 cm³/mol. The number of hydrogen-bond donors (Lipinski definition) is 2. The molecule has 3 aromatic rings. The average molecular weight is 339 g/mol.